The molecule has 2 aromatic carbocycles. The zero-order valence-corrected chi connectivity index (χ0v) is 14.2. The molecule has 1 heterocycles. The number of hydrogen-bond donors (Lipinski definition) is 1. The predicted octanol–water partition coefficient (Wildman–Crippen LogP) is 3.46. The van der Waals surface area contributed by atoms with E-state index in [1.54, 1.807) is 6.07 Å². The number of halogens is 1. The van der Waals surface area contributed by atoms with Crippen molar-refractivity contribution in [2.24, 2.45) is 0 Å². The molecule has 136 valence electrons. The van der Waals surface area contributed by atoms with Crippen molar-refractivity contribution >= 4 is 17.3 Å². The van der Waals surface area contributed by atoms with Crippen LogP contribution in [0.15, 0.2) is 36.4 Å². The van der Waals surface area contributed by atoms with Gasteiger partial charge >= 0.3 is 5.69 Å². The molecule has 0 saturated heterocycles. The van der Waals surface area contributed by atoms with Crippen LogP contribution in [-0.4, -0.2) is 23.0 Å². The highest BCUT2D eigenvalue weighted by Gasteiger charge is 2.32. The Labute approximate surface area is 148 Å². The molecule has 1 aliphatic heterocycles. The van der Waals surface area contributed by atoms with Crippen LogP contribution >= 0.6 is 0 Å². The Morgan fingerprint density at radius 1 is 1.38 bits per heavy atom. The summed E-state index contributed by atoms with van der Waals surface area (Å²) in [5.41, 5.74) is 0.0709. The molecule has 0 spiro atoms. The zero-order valence-electron chi connectivity index (χ0n) is 14.2. The second kappa shape index (κ2) is 6.62. The standard InChI is InChI=1S/C18H17FN2O5/c1-18(2)9-11-4-3-5-15(17(11)26-18)25-10-16(22)20-12-6-7-13(19)14(8-12)21(23)24/h3-8H,9-10H2,1-2H3,(H,20,22). The highest BCUT2D eigenvalue weighted by Crippen LogP contribution is 2.41. The molecule has 7 nitrogen and oxygen atoms in total. The number of fused-ring (bicyclic) bond motifs is 1. The van der Waals surface area contributed by atoms with Crippen molar-refractivity contribution in [1.29, 1.82) is 0 Å². The zero-order chi connectivity index (χ0) is 18.9. The maximum absolute atomic E-state index is 13.3. The minimum Gasteiger partial charge on any atom is -0.483 e. The second-order valence-electron chi connectivity index (χ2n) is 6.54. The van der Waals surface area contributed by atoms with Crippen molar-refractivity contribution < 1.29 is 23.6 Å². The first-order valence-electron chi connectivity index (χ1n) is 7.93. The van der Waals surface area contributed by atoms with Gasteiger partial charge in [-0.05, 0) is 32.0 Å². The first-order chi connectivity index (χ1) is 12.2. The van der Waals surface area contributed by atoms with E-state index >= 15 is 0 Å². The number of nitro benzene ring substituents is 1. The fourth-order valence-electron chi connectivity index (χ4n) is 2.77. The molecule has 0 aliphatic carbocycles. The van der Waals surface area contributed by atoms with Gasteiger partial charge < -0.3 is 14.8 Å². The molecule has 1 N–H and O–H groups in total. The Hall–Kier alpha value is -3.16. The number of amides is 1. The smallest absolute Gasteiger partial charge is 0.306 e. The lowest BCUT2D eigenvalue weighted by atomic mass is 10.0. The normalized spacial score (nSPS) is 14.3. The number of nitrogens with zero attached hydrogens (tertiary/aromatic N) is 1. The van der Waals surface area contributed by atoms with Crippen LogP contribution in [0, 0.1) is 15.9 Å². The molecular weight excluding hydrogens is 343 g/mol. The Morgan fingerprint density at radius 2 is 2.15 bits per heavy atom. The number of nitrogens with one attached hydrogen (secondary N) is 1. The van der Waals surface area contributed by atoms with Crippen molar-refractivity contribution in [3.63, 3.8) is 0 Å². The van der Waals surface area contributed by atoms with Crippen LogP contribution in [0.3, 0.4) is 0 Å². The van der Waals surface area contributed by atoms with Gasteiger partial charge in [0, 0.05) is 23.7 Å². The summed E-state index contributed by atoms with van der Waals surface area (Å²) in [4.78, 5) is 21.9. The third-order valence-corrected chi connectivity index (χ3v) is 3.84. The minimum absolute atomic E-state index is 0.113. The third-order valence-electron chi connectivity index (χ3n) is 3.84. The fraction of sp³-hybridized carbons (Fsp3) is 0.278. The van der Waals surface area contributed by atoms with E-state index in [2.05, 4.69) is 5.32 Å². The summed E-state index contributed by atoms with van der Waals surface area (Å²) in [5, 5.41) is 13.2. The summed E-state index contributed by atoms with van der Waals surface area (Å²) in [5.74, 6) is -0.430. The second-order valence-corrected chi connectivity index (χ2v) is 6.54. The summed E-state index contributed by atoms with van der Waals surface area (Å²) >= 11 is 0. The number of nitro groups is 1. The number of ether oxygens (including phenoxy) is 2. The van der Waals surface area contributed by atoms with Crippen LogP contribution in [0.1, 0.15) is 19.4 Å². The van der Waals surface area contributed by atoms with E-state index in [-0.39, 0.29) is 17.9 Å². The van der Waals surface area contributed by atoms with Gasteiger partial charge in [-0.1, -0.05) is 12.1 Å². The van der Waals surface area contributed by atoms with Crippen LogP contribution in [0.5, 0.6) is 11.5 Å². The molecule has 2 aromatic rings. The molecule has 26 heavy (non-hydrogen) atoms. The summed E-state index contributed by atoms with van der Waals surface area (Å²) in [6.07, 6.45) is 0.741. The molecule has 8 heteroatoms. The van der Waals surface area contributed by atoms with Crippen LogP contribution < -0.4 is 14.8 Å². The lowest BCUT2D eigenvalue weighted by Gasteiger charge is -2.18. The monoisotopic (exact) mass is 360 g/mol. The lowest BCUT2D eigenvalue weighted by molar-refractivity contribution is -0.387. The summed E-state index contributed by atoms with van der Waals surface area (Å²) in [6.45, 7) is 3.61. The Kier molecular flexibility index (Phi) is 4.50. The van der Waals surface area contributed by atoms with E-state index in [1.807, 2.05) is 26.0 Å². The van der Waals surface area contributed by atoms with Crippen molar-refractivity contribution in [2.45, 2.75) is 25.9 Å². The van der Waals surface area contributed by atoms with E-state index in [0.717, 1.165) is 24.1 Å². The molecule has 1 amide bonds. The largest absolute Gasteiger partial charge is 0.483 e. The van der Waals surface area contributed by atoms with Gasteiger partial charge in [0.25, 0.3) is 5.91 Å². The van der Waals surface area contributed by atoms with Crippen LogP contribution in [0.4, 0.5) is 15.8 Å². The summed E-state index contributed by atoms with van der Waals surface area (Å²) < 4.78 is 24.7. The molecule has 0 aromatic heterocycles. The van der Waals surface area contributed by atoms with Gasteiger partial charge in [-0.3, -0.25) is 14.9 Å². The van der Waals surface area contributed by atoms with Crippen LogP contribution in [0.2, 0.25) is 0 Å². The van der Waals surface area contributed by atoms with Crippen molar-refractivity contribution in [2.75, 3.05) is 11.9 Å². The van der Waals surface area contributed by atoms with Crippen molar-refractivity contribution in [3.05, 3.63) is 57.9 Å². The van der Waals surface area contributed by atoms with Gasteiger partial charge in [-0.2, -0.15) is 4.39 Å². The maximum atomic E-state index is 13.3. The van der Waals surface area contributed by atoms with E-state index in [9.17, 15) is 19.3 Å². The van der Waals surface area contributed by atoms with Crippen molar-refractivity contribution in [3.8, 4) is 11.5 Å². The number of para-hydroxylation sites is 1. The SMILES string of the molecule is CC1(C)Cc2cccc(OCC(=O)Nc3ccc(F)c([N+](=O)[O-])c3)c2O1. The first kappa shape index (κ1) is 17.7. The average molecular weight is 360 g/mol. The Balaban J connectivity index is 1.65. The number of carbonyl (C=O) groups is 1. The molecule has 0 saturated carbocycles. The predicted molar refractivity (Wildman–Crippen MR) is 92.0 cm³/mol. The van der Waals surface area contributed by atoms with Crippen molar-refractivity contribution in [1.82, 2.24) is 0 Å². The van der Waals surface area contributed by atoms with Gasteiger partial charge in [0.05, 0.1) is 4.92 Å². The summed E-state index contributed by atoms with van der Waals surface area (Å²) in [7, 11) is 0. The number of anilines is 1. The number of benzene rings is 2. The van der Waals surface area contributed by atoms with E-state index in [4.69, 9.17) is 9.47 Å². The summed E-state index contributed by atoms with van der Waals surface area (Å²) in [6, 6.07) is 8.59. The highest BCUT2D eigenvalue weighted by molar-refractivity contribution is 5.92. The molecule has 0 bridgehead atoms. The number of hydrogen-bond acceptors (Lipinski definition) is 5. The van der Waals surface area contributed by atoms with E-state index < -0.39 is 22.3 Å². The minimum atomic E-state index is -0.969. The quantitative estimate of drug-likeness (QED) is 0.651. The Bertz CT molecular complexity index is 882. The molecule has 0 atom stereocenters. The molecule has 0 fully saturated rings. The highest BCUT2D eigenvalue weighted by atomic mass is 19.1. The fourth-order valence-corrected chi connectivity index (χ4v) is 2.77. The van der Waals surface area contributed by atoms with E-state index in [1.165, 1.54) is 6.07 Å². The number of carbonyl (C=O) groups excluding carboxylic acids is 1. The van der Waals surface area contributed by atoms with Gasteiger partial charge in [0.15, 0.2) is 18.1 Å². The van der Waals surface area contributed by atoms with Gasteiger partial charge in [-0.25, -0.2) is 0 Å². The van der Waals surface area contributed by atoms with Gasteiger partial charge in [0.1, 0.15) is 5.60 Å². The number of rotatable bonds is 5. The maximum Gasteiger partial charge on any atom is 0.306 e. The lowest BCUT2D eigenvalue weighted by Crippen LogP contribution is -2.25. The van der Waals surface area contributed by atoms with Gasteiger partial charge in [0.2, 0.25) is 5.82 Å². The molecule has 1 aliphatic rings. The Morgan fingerprint density at radius 3 is 2.88 bits per heavy atom. The average Bonchev–Trinajstić information content (AvgIpc) is 2.88. The molecule has 3 rings (SSSR count). The van der Waals surface area contributed by atoms with Gasteiger partial charge in [-0.15, -0.1) is 0 Å². The third kappa shape index (κ3) is 3.74. The molecule has 0 unspecified atom stereocenters. The topological polar surface area (TPSA) is 90.7 Å². The van der Waals surface area contributed by atoms with E-state index in [0.29, 0.717) is 11.5 Å². The first-order valence-corrected chi connectivity index (χ1v) is 7.93. The van der Waals surface area contributed by atoms with Crippen LogP contribution in [-0.2, 0) is 11.2 Å². The molecular formula is C18H17FN2O5. The van der Waals surface area contributed by atoms with Crippen LogP contribution in [0.25, 0.3) is 0 Å². The molecule has 0 radical (unpaired) electrons.